The minimum Gasteiger partial charge on any atom is -0.497 e. The number of nitrogens with one attached hydrogen (secondary N) is 9. The van der Waals surface area contributed by atoms with Gasteiger partial charge in [0.05, 0.1) is 42.7 Å². The van der Waals surface area contributed by atoms with E-state index < -0.39 is 89.4 Å². The first kappa shape index (κ1) is 59.3. The molecule has 5 atom stereocenters. The Bertz CT molecular complexity index is 2180. The molecule has 0 bridgehead atoms. The molecule has 0 radical (unpaired) electrons. The summed E-state index contributed by atoms with van der Waals surface area (Å²) in [5.74, 6) is -2.61. The van der Waals surface area contributed by atoms with E-state index in [1.54, 1.807) is 18.2 Å². The van der Waals surface area contributed by atoms with Crippen molar-refractivity contribution < 1.29 is 71.6 Å². The lowest BCUT2D eigenvalue weighted by molar-refractivity contribution is -0.130. The zero-order valence-corrected chi connectivity index (χ0v) is 43.6. The highest BCUT2D eigenvalue weighted by Crippen LogP contribution is 2.25. The van der Waals surface area contributed by atoms with E-state index >= 15 is 0 Å². The number of benzene rings is 3. The van der Waals surface area contributed by atoms with Crippen LogP contribution in [0.25, 0.3) is 0 Å². The topological polar surface area (TPSA) is 317 Å². The number of carbonyl (C=O) groups excluding carboxylic acids is 9. The van der Waals surface area contributed by atoms with Crippen molar-refractivity contribution >= 4 is 53.2 Å². The average Bonchev–Trinajstić information content (AvgIpc) is 3.38. The molecule has 408 valence electrons. The summed E-state index contributed by atoms with van der Waals surface area (Å²) >= 11 is 0. The van der Waals surface area contributed by atoms with Gasteiger partial charge >= 0.3 is 0 Å². The first-order chi connectivity index (χ1) is 35.8. The Hall–Kier alpha value is -8.31. The molecule has 24 heteroatoms. The van der Waals surface area contributed by atoms with E-state index in [2.05, 4.69) is 47.9 Å². The third-order valence-corrected chi connectivity index (χ3v) is 11.8. The molecule has 24 nitrogen and oxygen atoms in total. The average molecular weight is 1050 g/mol. The normalized spacial score (nSPS) is 15.9. The summed E-state index contributed by atoms with van der Waals surface area (Å²) < 4.78 is 31.6. The maximum Gasteiger partial charge on any atom is 0.251 e. The van der Waals surface area contributed by atoms with Gasteiger partial charge in [0.15, 0.2) is 0 Å². The van der Waals surface area contributed by atoms with Crippen molar-refractivity contribution in [3.63, 3.8) is 0 Å². The summed E-state index contributed by atoms with van der Waals surface area (Å²) in [7, 11) is 8.66. The molecular formula is C51H69N9O15. The molecule has 3 aromatic rings. The van der Waals surface area contributed by atoms with Crippen molar-refractivity contribution in [2.45, 2.75) is 95.5 Å². The Morgan fingerprint density at radius 2 is 0.600 bits per heavy atom. The van der Waals surface area contributed by atoms with E-state index in [1.165, 1.54) is 99.8 Å². The van der Waals surface area contributed by atoms with Crippen LogP contribution in [0.15, 0.2) is 54.6 Å². The van der Waals surface area contributed by atoms with E-state index in [9.17, 15) is 43.2 Å². The predicted molar refractivity (Wildman–Crippen MR) is 272 cm³/mol. The van der Waals surface area contributed by atoms with Crippen LogP contribution < -0.4 is 76.3 Å². The molecule has 3 unspecified atom stereocenters. The molecule has 4 rings (SSSR count). The highest BCUT2D eigenvalue weighted by Gasteiger charge is 2.35. The molecule has 3 aromatic carbocycles. The Morgan fingerprint density at radius 1 is 0.387 bits per heavy atom. The molecule has 75 heavy (non-hydrogen) atoms. The monoisotopic (exact) mass is 1050 g/mol. The minimum absolute atomic E-state index is 0.0358. The van der Waals surface area contributed by atoms with E-state index in [4.69, 9.17) is 28.4 Å². The van der Waals surface area contributed by atoms with Crippen LogP contribution in [0.2, 0.25) is 0 Å². The summed E-state index contributed by atoms with van der Waals surface area (Å²) in [5.41, 5.74) is 0.693. The summed E-state index contributed by atoms with van der Waals surface area (Å²) in [5, 5.41) is 24.9. The fourth-order valence-corrected chi connectivity index (χ4v) is 8.23. The number of hydrogen-bond donors (Lipinski definition) is 9. The van der Waals surface area contributed by atoms with Gasteiger partial charge in [-0.2, -0.15) is 0 Å². The van der Waals surface area contributed by atoms with Gasteiger partial charge in [-0.3, -0.25) is 43.2 Å². The lowest BCUT2D eigenvalue weighted by atomic mass is 9.86. The number of carbonyl (C=O) groups is 9. The molecule has 0 heterocycles. The zero-order chi connectivity index (χ0) is 55.2. The highest BCUT2D eigenvalue weighted by molar-refractivity contribution is 5.97. The van der Waals surface area contributed by atoms with Gasteiger partial charge in [-0.05, 0) is 74.9 Å². The SMILES string of the molecule is COc1cc(OC)cc(C(=O)NCCC(NC(C)=O)C(=O)NC2CC(NC(=O)[C@H](CCNC(=O)c3cc(OC)cc(OC)c3)NC(C)=O)CC(NC(=O)[C@H](CCNC(=O)c3cc(OC)cc(OC)c3)NC(C)=O)C2)c1. The number of rotatable bonds is 27. The van der Waals surface area contributed by atoms with Crippen LogP contribution >= 0.6 is 0 Å². The van der Waals surface area contributed by atoms with Gasteiger partial charge in [-0.15, -0.1) is 0 Å². The molecule has 1 saturated carbocycles. The van der Waals surface area contributed by atoms with Crippen LogP contribution in [0.3, 0.4) is 0 Å². The lowest BCUT2D eigenvalue weighted by Crippen LogP contribution is -2.59. The molecule has 0 aromatic heterocycles. The van der Waals surface area contributed by atoms with Gasteiger partial charge < -0.3 is 76.3 Å². The third kappa shape index (κ3) is 19.2. The maximum absolute atomic E-state index is 14.0. The fourth-order valence-electron chi connectivity index (χ4n) is 8.23. The molecule has 1 aliphatic rings. The molecule has 9 N–H and O–H groups in total. The quantitative estimate of drug-likeness (QED) is 0.0507. The summed E-state index contributed by atoms with van der Waals surface area (Å²) in [6, 6.07) is 8.24. The minimum atomic E-state index is -1.14. The molecule has 0 saturated heterocycles. The van der Waals surface area contributed by atoms with Gasteiger partial charge in [0, 0.05) is 93.4 Å². The van der Waals surface area contributed by atoms with Crippen LogP contribution in [-0.2, 0) is 28.8 Å². The number of methoxy groups -OCH3 is 6. The number of amides is 9. The van der Waals surface area contributed by atoms with Crippen molar-refractivity contribution in [1.82, 2.24) is 47.9 Å². The Morgan fingerprint density at radius 3 is 0.787 bits per heavy atom. The van der Waals surface area contributed by atoms with Crippen molar-refractivity contribution in [3.8, 4) is 34.5 Å². The zero-order valence-electron chi connectivity index (χ0n) is 43.6. The smallest absolute Gasteiger partial charge is 0.251 e. The lowest BCUT2D eigenvalue weighted by Gasteiger charge is -2.37. The van der Waals surface area contributed by atoms with E-state index in [-0.39, 0.29) is 74.8 Å². The second-order valence-electron chi connectivity index (χ2n) is 17.5. The van der Waals surface area contributed by atoms with Crippen molar-refractivity contribution in [2.24, 2.45) is 0 Å². The number of hydrogen-bond acceptors (Lipinski definition) is 15. The first-order valence-corrected chi connectivity index (χ1v) is 24.0. The van der Waals surface area contributed by atoms with E-state index in [0.29, 0.717) is 34.5 Å². The van der Waals surface area contributed by atoms with Crippen molar-refractivity contribution in [1.29, 1.82) is 0 Å². The fraction of sp³-hybridized carbons (Fsp3) is 0.471. The molecule has 0 aliphatic heterocycles. The third-order valence-electron chi connectivity index (χ3n) is 11.8. The first-order valence-electron chi connectivity index (χ1n) is 24.0. The van der Waals surface area contributed by atoms with Crippen molar-refractivity contribution in [2.75, 3.05) is 62.3 Å². The van der Waals surface area contributed by atoms with Crippen LogP contribution in [-0.4, -0.2) is 152 Å². The van der Waals surface area contributed by atoms with Crippen molar-refractivity contribution in [3.05, 3.63) is 71.3 Å². The second-order valence-corrected chi connectivity index (χ2v) is 17.5. The summed E-state index contributed by atoms with van der Waals surface area (Å²) in [4.78, 5) is 119. The van der Waals surface area contributed by atoms with Gasteiger partial charge in [-0.1, -0.05) is 0 Å². The molecular weight excluding hydrogens is 979 g/mol. The Balaban J connectivity index is 1.52. The second kappa shape index (κ2) is 29.4. The van der Waals surface area contributed by atoms with Gasteiger partial charge in [0.2, 0.25) is 35.4 Å². The Kier molecular flexibility index (Phi) is 23.2. The van der Waals surface area contributed by atoms with Crippen LogP contribution in [0.1, 0.15) is 90.4 Å². The molecule has 1 fully saturated rings. The molecule has 9 amide bonds. The van der Waals surface area contributed by atoms with Crippen LogP contribution in [0.5, 0.6) is 34.5 Å². The summed E-state index contributed by atoms with van der Waals surface area (Å²) in [6.45, 7) is 3.57. The predicted octanol–water partition coefficient (Wildman–Crippen LogP) is 0.651. The molecule has 0 spiro atoms. The highest BCUT2D eigenvalue weighted by atomic mass is 16.5. The van der Waals surface area contributed by atoms with Gasteiger partial charge in [-0.25, -0.2) is 0 Å². The van der Waals surface area contributed by atoms with E-state index in [0.717, 1.165) is 0 Å². The Labute approximate surface area is 435 Å². The molecule has 1 aliphatic carbocycles. The van der Waals surface area contributed by atoms with Gasteiger partial charge in [0.25, 0.3) is 17.7 Å². The largest absolute Gasteiger partial charge is 0.497 e. The van der Waals surface area contributed by atoms with E-state index in [1.807, 2.05) is 0 Å². The standard InChI is InChI=1S/C51H69N9O15/c1-28(61)55-43(10-13-52-46(64)31-16-37(70-4)25-38(17-31)71-5)49(67)58-34-22-35(59-50(68)44(56-29(2)62)11-14-53-47(65)32-18-39(72-6)26-40(19-32)73-7)24-36(23-34)60-51(69)45(57-30(3)63)12-15-54-48(66)33-20-41(74-8)27-42(21-33)75-9/h16-21,25-27,34-36,43-45H,10-15,22-24H2,1-9H3,(H,52,64)(H,53,65)(H,54,66)(H,55,61)(H,56,62)(H,57,63)(H,58,67)(H,59,68)(H,60,69)/t34?,35?,36?,43-,44-,45?/m0/s1. The maximum atomic E-state index is 14.0. The van der Waals surface area contributed by atoms with Crippen LogP contribution in [0, 0.1) is 0 Å². The summed E-state index contributed by atoms with van der Waals surface area (Å²) in [6.07, 6.45) is 0.275. The van der Waals surface area contributed by atoms with Gasteiger partial charge in [0.1, 0.15) is 52.6 Å². The van der Waals surface area contributed by atoms with Crippen LogP contribution in [0.4, 0.5) is 0 Å². The number of ether oxygens (including phenoxy) is 6.